The minimum atomic E-state index is -0.430. The molecule has 1 heterocycles. The summed E-state index contributed by atoms with van der Waals surface area (Å²) in [7, 11) is 1.59. The van der Waals surface area contributed by atoms with Crippen molar-refractivity contribution in [3.8, 4) is 5.75 Å². The maximum Gasteiger partial charge on any atom is 0.306 e. The zero-order valence-electron chi connectivity index (χ0n) is 12.9. The number of benzene rings is 1. The highest BCUT2D eigenvalue weighted by Gasteiger charge is 2.08. The molecule has 0 bridgehead atoms. The van der Waals surface area contributed by atoms with Gasteiger partial charge in [0.25, 0.3) is 5.91 Å². The number of nitrogens with one attached hydrogen (secondary N) is 1. The van der Waals surface area contributed by atoms with Crippen LogP contribution in [-0.2, 0) is 27.3 Å². The van der Waals surface area contributed by atoms with Gasteiger partial charge < -0.3 is 19.2 Å². The van der Waals surface area contributed by atoms with Crippen molar-refractivity contribution in [1.82, 2.24) is 5.32 Å². The molecule has 0 saturated heterocycles. The number of ether oxygens (including phenoxy) is 2. The van der Waals surface area contributed by atoms with Gasteiger partial charge in [-0.15, -0.1) is 0 Å². The van der Waals surface area contributed by atoms with E-state index in [0.717, 1.165) is 11.3 Å². The van der Waals surface area contributed by atoms with Gasteiger partial charge >= 0.3 is 5.97 Å². The van der Waals surface area contributed by atoms with Crippen molar-refractivity contribution in [2.45, 2.75) is 19.4 Å². The molecule has 6 heteroatoms. The average Bonchev–Trinajstić information content (AvgIpc) is 3.10. The Labute approximate surface area is 134 Å². The van der Waals surface area contributed by atoms with Gasteiger partial charge in [-0.1, -0.05) is 12.1 Å². The first-order chi connectivity index (χ1) is 11.2. The van der Waals surface area contributed by atoms with E-state index in [1.165, 1.54) is 0 Å². The van der Waals surface area contributed by atoms with E-state index in [-0.39, 0.29) is 18.9 Å². The molecule has 0 aliphatic carbocycles. The molecule has 0 unspecified atom stereocenters. The molecule has 0 aliphatic heterocycles. The summed E-state index contributed by atoms with van der Waals surface area (Å²) in [6.45, 7) is 0.0833. The van der Waals surface area contributed by atoms with Crippen molar-refractivity contribution in [3.63, 3.8) is 0 Å². The number of methoxy groups -OCH3 is 1. The van der Waals surface area contributed by atoms with E-state index in [0.29, 0.717) is 18.7 Å². The van der Waals surface area contributed by atoms with E-state index in [4.69, 9.17) is 13.9 Å². The van der Waals surface area contributed by atoms with Crippen LogP contribution in [0.4, 0.5) is 0 Å². The van der Waals surface area contributed by atoms with Gasteiger partial charge in [0, 0.05) is 13.0 Å². The number of rotatable bonds is 8. The number of amides is 1. The van der Waals surface area contributed by atoms with Crippen LogP contribution in [0.2, 0.25) is 0 Å². The fourth-order valence-corrected chi connectivity index (χ4v) is 1.89. The zero-order chi connectivity index (χ0) is 16.5. The molecule has 1 aromatic heterocycles. The fraction of sp³-hybridized carbons (Fsp3) is 0.294. The van der Waals surface area contributed by atoms with Crippen molar-refractivity contribution in [2.75, 3.05) is 13.7 Å². The maximum atomic E-state index is 11.6. The van der Waals surface area contributed by atoms with E-state index in [9.17, 15) is 9.59 Å². The van der Waals surface area contributed by atoms with Crippen LogP contribution in [0.1, 0.15) is 17.7 Å². The summed E-state index contributed by atoms with van der Waals surface area (Å²) in [6, 6.07) is 10.9. The van der Waals surface area contributed by atoms with Crippen LogP contribution in [0, 0.1) is 0 Å². The molecule has 23 heavy (non-hydrogen) atoms. The fourth-order valence-electron chi connectivity index (χ4n) is 1.89. The highest BCUT2D eigenvalue weighted by Crippen LogP contribution is 2.10. The number of carbonyl (C=O) groups is 2. The average molecular weight is 317 g/mol. The third-order valence-corrected chi connectivity index (χ3v) is 3.17. The van der Waals surface area contributed by atoms with E-state index in [2.05, 4.69) is 5.32 Å². The minimum absolute atomic E-state index is 0.180. The van der Waals surface area contributed by atoms with Crippen LogP contribution in [0.3, 0.4) is 0 Å². The second-order valence-electron chi connectivity index (χ2n) is 4.86. The van der Waals surface area contributed by atoms with Gasteiger partial charge in [-0.3, -0.25) is 9.59 Å². The Morgan fingerprint density at radius 3 is 2.61 bits per heavy atom. The minimum Gasteiger partial charge on any atom is -0.497 e. The molecule has 0 aliphatic rings. The first-order valence-electron chi connectivity index (χ1n) is 7.25. The Kier molecular flexibility index (Phi) is 6.23. The summed E-state index contributed by atoms with van der Waals surface area (Å²) in [4.78, 5) is 23.2. The largest absolute Gasteiger partial charge is 0.497 e. The monoisotopic (exact) mass is 317 g/mol. The van der Waals surface area contributed by atoms with E-state index in [1.807, 2.05) is 24.3 Å². The van der Waals surface area contributed by atoms with Gasteiger partial charge in [-0.05, 0) is 29.8 Å². The van der Waals surface area contributed by atoms with Gasteiger partial charge in [0.1, 0.15) is 11.5 Å². The van der Waals surface area contributed by atoms with E-state index in [1.54, 1.807) is 25.5 Å². The van der Waals surface area contributed by atoms with Crippen LogP contribution in [0.15, 0.2) is 47.1 Å². The molecule has 2 rings (SSSR count). The number of hydrogen-bond acceptors (Lipinski definition) is 5. The highest BCUT2D eigenvalue weighted by molar-refractivity contribution is 5.80. The summed E-state index contributed by atoms with van der Waals surface area (Å²) in [5.74, 6) is 0.699. The van der Waals surface area contributed by atoms with Crippen LogP contribution in [-0.4, -0.2) is 25.6 Å². The standard InChI is InChI=1S/C17H19NO5/c1-21-14-6-4-13(5-7-14)11-18-16(19)12-23-17(20)9-8-15-3-2-10-22-15/h2-7,10H,8-9,11-12H2,1H3,(H,18,19). The third-order valence-electron chi connectivity index (χ3n) is 3.17. The summed E-state index contributed by atoms with van der Waals surface area (Å²) in [6.07, 6.45) is 2.19. The molecule has 1 amide bonds. The predicted molar refractivity (Wildman–Crippen MR) is 82.8 cm³/mol. The molecule has 0 atom stereocenters. The van der Waals surface area contributed by atoms with Gasteiger partial charge in [-0.2, -0.15) is 0 Å². The number of furan rings is 1. The quantitative estimate of drug-likeness (QED) is 0.754. The first-order valence-corrected chi connectivity index (χ1v) is 7.25. The van der Waals surface area contributed by atoms with Crippen LogP contribution in [0.5, 0.6) is 5.75 Å². The molecule has 2 aromatic rings. The summed E-state index contributed by atoms with van der Waals surface area (Å²) in [5, 5.41) is 2.69. The summed E-state index contributed by atoms with van der Waals surface area (Å²) < 4.78 is 15.1. The molecule has 6 nitrogen and oxygen atoms in total. The molecule has 0 radical (unpaired) electrons. The molecule has 0 fully saturated rings. The van der Waals surface area contributed by atoms with E-state index >= 15 is 0 Å². The van der Waals surface area contributed by atoms with Gasteiger partial charge in [0.05, 0.1) is 19.8 Å². The maximum absolute atomic E-state index is 11.6. The Hall–Kier alpha value is -2.76. The van der Waals surface area contributed by atoms with Crippen molar-refractivity contribution in [2.24, 2.45) is 0 Å². The summed E-state index contributed by atoms with van der Waals surface area (Å²) in [5.41, 5.74) is 0.934. The SMILES string of the molecule is COc1ccc(CNC(=O)COC(=O)CCc2ccco2)cc1. The van der Waals surface area contributed by atoms with Crippen molar-refractivity contribution in [3.05, 3.63) is 54.0 Å². The Morgan fingerprint density at radius 1 is 1.17 bits per heavy atom. The number of aryl methyl sites for hydroxylation is 1. The lowest BCUT2D eigenvalue weighted by molar-refractivity contribution is -0.148. The van der Waals surface area contributed by atoms with Gasteiger partial charge in [-0.25, -0.2) is 0 Å². The molecule has 0 saturated carbocycles. The molecule has 1 aromatic carbocycles. The highest BCUT2D eigenvalue weighted by atomic mass is 16.5. The predicted octanol–water partition coefficient (Wildman–Crippen LogP) is 2.08. The van der Waals surface area contributed by atoms with Crippen LogP contribution < -0.4 is 10.1 Å². The smallest absolute Gasteiger partial charge is 0.306 e. The topological polar surface area (TPSA) is 77.8 Å². The third kappa shape index (κ3) is 5.86. The lowest BCUT2D eigenvalue weighted by Crippen LogP contribution is -2.28. The van der Waals surface area contributed by atoms with Crippen molar-refractivity contribution >= 4 is 11.9 Å². The number of hydrogen-bond donors (Lipinski definition) is 1. The van der Waals surface area contributed by atoms with Crippen LogP contribution in [0.25, 0.3) is 0 Å². The van der Waals surface area contributed by atoms with Crippen molar-refractivity contribution in [1.29, 1.82) is 0 Å². The van der Waals surface area contributed by atoms with Crippen molar-refractivity contribution < 1.29 is 23.5 Å². The van der Waals surface area contributed by atoms with E-state index < -0.39 is 5.97 Å². The molecule has 1 N–H and O–H groups in total. The Balaban J connectivity index is 1.63. The molecular formula is C17H19NO5. The zero-order valence-corrected chi connectivity index (χ0v) is 12.9. The first kappa shape index (κ1) is 16.6. The van der Waals surface area contributed by atoms with Gasteiger partial charge in [0.2, 0.25) is 0 Å². The lowest BCUT2D eigenvalue weighted by Gasteiger charge is -2.07. The normalized spacial score (nSPS) is 10.1. The number of esters is 1. The molecule has 0 spiro atoms. The number of carbonyl (C=O) groups excluding carboxylic acids is 2. The van der Waals surface area contributed by atoms with Crippen LogP contribution >= 0.6 is 0 Å². The molecular weight excluding hydrogens is 298 g/mol. The lowest BCUT2D eigenvalue weighted by atomic mass is 10.2. The Bertz CT molecular complexity index is 619. The Morgan fingerprint density at radius 2 is 1.96 bits per heavy atom. The second-order valence-corrected chi connectivity index (χ2v) is 4.86. The van der Waals surface area contributed by atoms with Gasteiger partial charge in [0.15, 0.2) is 6.61 Å². The summed E-state index contributed by atoms with van der Waals surface area (Å²) >= 11 is 0. The molecule has 122 valence electrons. The second kappa shape index (κ2) is 8.63.